The Labute approximate surface area is 173 Å². The normalized spacial score (nSPS) is 10.7. The van der Waals surface area contributed by atoms with Crippen LogP contribution in [0, 0.1) is 11.6 Å². The molecular weight excluding hydrogens is 410 g/mol. The highest BCUT2D eigenvalue weighted by Gasteiger charge is 2.12. The van der Waals surface area contributed by atoms with Crippen LogP contribution in [0.25, 0.3) is 11.4 Å². The smallest absolute Gasteiger partial charge is 0.258 e. The molecule has 0 aliphatic rings. The van der Waals surface area contributed by atoms with Crippen LogP contribution in [0.4, 0.5) is 13.9 Å². The number of hydrogen-bond acceptors (Lipinski definition) is 5. The van der Waals surface area contributed by atoms with E-state index in [1.807, 2.05) is 0 Å². The second-order valence-electron chi connectivity index (χ2n) is 6.37. The minimum atomic E-state index is -0.448. The molecule has 0 aliphatic carbocycles. The Morgan fingerprint density at radius 2 is 1.93 bits per heavy atom. The molecule has 3 heterocycles. The molecule has 0 unspecified atom stereocenters. The summed E-state index contributed by atoms with van der Waals surface area (Å²) in [5.41, 5.74) is 1.53. The predicted octanol–water partition coefficient (Wildman–Crippen LogP) is 3.95. The van der Waals surface area contributed by atoms with Gasteiger partial charge in [0.25, 0.3) is 11.5 Å². The number of carbonyl (C=O) groups excluding carboxylic acids is 1. The molecule has 6 nitrogen and oxygen atoms in total. The van der Waals surface area contributed by atoms with Gasteiger partial charge in [0, 0.05) is 17.6 Å². The third kappa shape index (κ3) is 4.47. The molecule has 0 atom stereocenters. The van der Waals surface area contributed by atoms with E-state index < -0.39 is 17.5 Å². The van der Waals surface area contributed by atoms with Crippen LogP contribution in [0.1, 0.15) is 15.9 Å². The quantitative estimate of drug-likeness (QED) is 0.526. The fourth-order valence-corrected chi connectivity index (χ4v) is 3.47. The molecule has 0 bridgehead atoms. The number of benzene rings is 1. The van der Waals surface area contributed by atoms with Crippen LogP contribution < -0.4 is 10.9 Å². The van der Waals surface area contributed by atoms with E-state index in [0.717, 1.165) is 6.20 Å². The topological polar surface area (TPSA) is 76.9 Å². The summed E-state index contributed by atoms with van der Waals surface area (Å²) in [6.45, 7) is 0.134. The molecule has 0 spiro atoms. The Kier molecular flexibility index (Phi) is 5.44. The van der Waals surface area contributed by atoms with Gasteiger partial charge in [-0.3, -0.25) is 19.9 Å². The van der Waals surface area contributed by atoms with E-state index in [0.29, 0.717) is 22.1 Å². The first-order valence-corrected chi connectivity index (χ1v) is 9.70. The molecule has 0 saturated heterocycles. The summed E-state index contributed by atoms with van der Waals surface area (Å²) in [4.78, 5) is 33.0. The van der Waals surface area contributed by atoms with Gasteiger partial charge in [0.05, 0.1) is 24.0 Å². The molecule has 0 radical (unpaired) electrons. The van der Waals surface area contributed by atoms with Gasteiger partial charge >= 0.3 is 0 Å². The molecule has 1 N–H and O–H groups in total. The van der Waals surface area contributed by atoms with Gasteiger partial charge in [0.1, 0.15) is 17.3 Å². The van der Waals surface area contributed by atoms with E-state index in [1.54, 1.807) is 17.5 Å². The second-order valence-corrected chi connectivity index (χ2v) is 7.23. The minimum Gasteiger partial charge on any atom is -0.310 e. The molecule has 0 saturated carbocycles. The first kappa shape index (κ1) is 19.6. The van der Waals surface area contributed by atoms with Crippen molar-refractivity contribution in [2.45, 2.75) is 6.54 Å². The SMILES string of the molecule is O=C(Nc1nc(-c2ccc(F)cn2)cs1)c1ccc(=O)n(Cc2cccc(F)c2)c1. The number of halogens is 2. The third-order valence-electron chi connectivity index (χ3n) is 4.20. The highest BCUT2D eigenvalue weighted by Crippen LogP contribution is 2.23. The van der Waals surface area contributed by atoms with E-state index in [2.05, 4.69) is 15.3 Å². The van der Waals surface area contributed by atoms with Gasteiger partial charge in [-0.15, -0.1) is 11.3 Å². The summed E-state index contributed by atoms with van der Waals surface area (Å²) in [5.74, 6) is -1.29. The first-order chi connectivity index (χ1) is 14.5. The molecule has 3 aromatic heterocycles. The van der Waals surface area contributed by atoms with Crippen molar-refractivity contribution in [2.24, 2.45) is 0 Å². The maximum Gasteiger partial charge on any atom is 0.258 e. The zero-order valence-electron chi connectivity index (χ0n) is 15.4. The second kappa shape index (κ2) is 8.34. The van der Waals surface area contributed by atoms with Gasteiger partial charge in [0.2, 0.25) is 0 Å². The summed E-state index contributed by atoms with van der Waals surface area (Å²) < 4.78 is 27.7. The Balaban J connectivity index is 1.51. The zero-order valence-corrected chi connectivity index (χ0v) is 16.2. The average molecular weight is 424 g/mol. The van der Waals surface area contributed by atoms with E-state index in [-0.39, 0.29) is 17.7 Å². The number of hydrogen-bond donors (Lipinski definition) is 1. The van der Waals surface area contributed by atoms with Crippen molar-refractivity contribution < 1.29 is 13.6 Å². The number of carbonyl (C=O) groups is 1. The van der Waals surface area contributed by atoms with Gasteiger partial charge in [-0.25, -0.2) is 13.8 Å². The predicted molar refractivity (Wildman–Crippen MR) is 109 cm³/mol. The Morgan fingerprint density at radius 1 is 1.07 bits per heavy atom. The summed E-state index contributed by atoms with van der Waals surface area (Å²) >= 11 is 1.20. The first-order valence-electron chi connectivity index (χ1n) is 8.82. The average Bonchev–Trinajstić information content (AvgIpc) is 3.18. The molecule has 30 heavy (non-hydrogen) atoms. The van der Waals surface area contributed by atoms with Crippen LogP contribution in [-0.2, 0) is 6.54 Å². The highest BCUT2D eigenvalue weighted by molar-refractivity contribution is 7.14. The Morgan fingerprint density at radius 3 is 2.70 bits per heavy atom. The number of pyridine rings is 2. The number of rotatable bonds is 5. The summed E-state index contributed by atoms with van der Waals surface area (Å²) in [5, 5.41) is 4.70. The van der Waals surface area contributed by atoms with E-state index in [1.165, 1.54) is 58.5 Å². The minimum absolute atomic E-state index is 0.134. The number of aromatic nitrogens is 3. The van der Waals surface area contributed by atoms with Gasteiger partial charge in [-0.1, -0.05) is 12.1 Å². The van der Waals surface area contributed by atoms with Gasteiger partial charge < -0.3 is 4.57 Å². The van der Waals surface area contributed by atoms with E-state index in [4.69, 9.17) is 0 Å². The number of nitrogens with zero attached hydrogens (tertiary/aromatic N) is 3. The lowest BCUT2D eigenvalue weighted by molar-refractivity contribution is 0.102. The number of thiazole rings is 1. The lowest BCUT2D eigenvalue weighted by Crippen LogP contribution is -2.22. The maximum absolute atomic E-state index is 13.4. The molecule has 150 valence electrons. The van der Waals surface area contributed by atoms with E-state index in [9.17, 15) is 18.4 Å². The summed E-state index contributed by atoms with van der Waals surface area (Å²) in [6, 6.07) is 11.4. The van der Waals surface area contributed by atoms with Gasteiger partial charge in [-0.2, -0.15) is 0 Å². The largest absolute Gasteiger partial charge is 0.310 e. The fourth-order valence-electron chi connectivity index (χ4n) is 2.77. The van der Waals surface area contributed by atoms with Crippen LogP contribution in [0.2, 0.25) is 0 Å². The highest BCUT2D eigenvalue weighted by atomic mass is 32.1. The van der Waals surface area contributed by atoms with Crippen LogP contribution >= 0.6 is 11.3 Å². The molecule has 1 amide bonds. The van der Waals surface area contributed by atoms with Crippen molar-refractivity contribution in [3.63, 3.8) is 0 Å². The molecule has 0 fully saturated rings. The lowest BCUT2D eigenvalue weighted by Gasteiger charge is -2.08. The molecule has 0 aliphatic heterocycles. The Hall–Kier alpha value is -3.72. The molecule has 4 rings (SSSR count). The van der Waals surface area contributed by atoms with Gasteiger partial charge in [-0.05, 0) is 35.9 Å². The van der Waals surface area contributed by atoms with Crippen molar-refractivity contribution in [3.8, 4) is 11.4 Å². The number of amides is 1. The number of anilines is 1. The van der Waals surface area contributed by atoms with Crippen LogP contribution in [0.15, 0.2) is 71.1 Å². The summed E-state index contributed by atoms with van der Waals surface area (Å²) in [7, 11) is 0. The van der Waals surface area contributed by atoms with Crippen LogP contribution in [0.3, 0.4) is 0 Å². The monoisotopic (exact) mass is 424 g/mol. The van der Waals surface area contributed by atoms with Crippen molar-refractivity contribution in [3.05, 3.63) is 99.4 Å². The zero-order chi connectivity index (χ0) is 21.1. The summed E-state index contributed by atoms with van der Waals surface area (Å²) in [6.07, 6.45) is 2.51. The molecule has 1 aromatic carbocycles. The third-order valence-corrected chi connectivity index (χ3v) is 4.96. The fraction of sp³-hybridized carbons (Fsp3) is 0.0476. The maximum atomic E-state index is 13.4. The van der Waals surface area contributed by atoms with Crippen LogP contribution in [0.5, 0.6) is 0 Å². The van der Waals surface area contributed by atoms with Crippen molar-refractivity contribution in [2.75, 3.05) is 5.32 Å². The molecular formula is C21H14F2N4O2S. The Bertz CT molecular complexity index is 1270. The molecule has 9 heteroatoms. The number of nitrogens with one attached hydrogen (secondary N) is 1. The molecule has 4 aromatic rings. The van der Waals surface area contributed by atoms with Gasteiger partial charge in [0.15, 0.2) is 5.13 Å². The standard InChI is InChI=1S/C21H14F2N4O2S/c22-15-3-1-2-13(8-15)10-27-11-14(4-7-19(27)28)20(29)26-21-25-18(12-30-21)17-6-5-16(23)9-24-17/h1-9,11-12H,10H2,(H,25,26,29). The van der Waals surface area contributed by atoms with E-state index >= 15 is 0 Å². The van der Waals surface area contributed by atoms with Crippen molar-refractivity contribution >= 4 is 22.4 Å². The lowest BCUT2D eigenvalue weighted by atomic mass is 10.2. The van der Waals surface area contributed by atoms with Crippen LogP contribution in [-0.4, -0.2) is 20.4 Å². The van der Waals surface area contributed by atoms with Crippen molar-refractivity contribution in [1.29, 1.82) is 0 Å². The van der Waals surface area contributed by atoms with Crippen molar-refractivity contribution in [1.82, 2.24) is 14.5 Å².